The predicted molar refractivity (Wildman–Crippen MR) is 181 cm³/mol. The van der Waals surface area contributed by atoms with Crippen molar-refractivity contribution in [1.82, 2.24) is 4.31 Å². The Hall–Kier alpha value is -4.53. The molecule has 0 radical (unpaired) electrons. The lowest BCUT2D eigenvalue weighted by atomic mass is 9.80. The molecule has 0 aliphatic heterocycles. The maximum Gasteiger partial charge on any atom is 0.339 e. The van der Waals surface area contributed by atoms with Gasteiger partial charge in [0, 0.05) is 23.3 Å². The van der Waals surface area contributed by atoms with Gasteiger partial charge in [-0.2, -0.15) is 4.31 Å². The summed E-state index contributed by atoms with van der Waals surface area (Å²) in [5, 5.41) is 20.3. The Morgan fingerprint density at radius 1 is 0.725 bits per heavy atom. The third-order valence-electron chi connectivity index (χ3n) is 7.98. The van der Waals surface area contributed by atoms with Gasteiger partial charge in [-0.25, -0.2) is 35.2 Å². The van der Waals surface area contributed by atoms with Crippen LogP contribution in [0.1, 0.15) is 68.6 Å². The van der Waals surface area contributed by atoms with Gasteiger partial charge in [-0.3, -0.25) is 9.69 Å². The number of benzene rings is 4. The van der Waals surface area contributed by atoms with Crippen molar-refractivity contribution in [1.29, 1.82) is 0 Å². The number of aromatic carboxylic acids is 1. The lowest BCUT2D eigenvalue weighted by molar-refractivity contribution is -0.118. The normalized spacial score (nSPS) is 12.3. The second kappa shape index (κ2) is 14.2. The predicted octanol–water partition coefficient (Wildman–Crippen LogP) is 8.59. The Morgan fingerprint density at radius 3 is 1.67 bits per heavy atom. The maximum atomic E-state index is 15.0. The molecule has 0 aliphatic carbocycles. The first-order chi connectivity index (χ1) is 23.4. The minimum Gasteiger partial charge on any atom is -0.507 e. The number of nitrogens with zero attached hydrogens (tertiary/aromatic N) is 2. The van der Waals surface area contributed by atoms with Gasteiger partial charge in [-0.05, 0) is 63.9 Å². The van der Waals surface area contributed by atoms with E-state index < -0.39 is 91.1 Å². The van der Waals surface area contributed by atoms with E-state index in [4.69, 9.17) is 11.6 Å². The summed E-state index contributed by atoms with van der Waals surface area (Å²) in [5.74, 6) is -16.2. The highest BCUT2D eigenvalue weighted by Crippen LogP contribution is 2.38. The Bertz CT molecular complexity index is 2070. The van der Waals surface area contributed by atoms with Crippen LogP contribution in [-0.4, -0.2) is 41.4 Å². The van der Waals surface area contributed by atoms with Crippen molar-refractivity contribution >= 4 is 44.9 Å². The number of anilines is 2. The number of amides is 1. The molecule has 0 heterocycles. The van der Waals surface area contributed by atoms with Crippen LogP contribution in [-0.2, 0) is 32.2 Å². The average Bonchev–Trinajstić information content (AvgIpc) is 3.02. The van der Waals surface area contributed by atoms with Crippen LogP contribution in [0, 0.1) is 29.1 Å². The van der Waals surface area contributed by atoms with E-state index in [-0.39, 0.29) is 26.3 Å². The number of sulfonamides is 1. The van der Waals surface area contributed by atoms with Crippen molar-refractivity contribution in [2.45, 2.75) is 63.8 Å². The van der Waals surface area contributed by atoms with Crippen LogP contribution in [0.25, 0.3) is 0 Å². The first-order valence-electron chi connectivity index (χ1n) is 15.3. The van der Waals surface area contributed by atoms with Crippen LogP contribution in [0.15, 0.2) is 65.6 Å². The van der Waals surface area contributed by atoms with Crippen molar-refractivity contribution in [2.24, 2.45) is 0 Å². The van der Waals surface area contributed by atoms with Crippen LogP contribution >= 0.6 is 11.6 Å². The van der Waals surface area contributed by atoms with E-state index in [1.807, 2.05) is 47.6 Å². The van der Waals surface area contributed by atoms with E-state index in [0.717, 1.165) is 28.2 Å². The number of aromatic hydroxyl groups is 1. The summed E-state index contributed by atoms with van der Waals surface area (Å²) in [5.41, 5.74) is 0.0595. The molecule has 0 unspecified atom stereocenters. The topological polar surface area (TPSA) is 115 Å². The first kappa shape index (κ1) is 39.3. The Morgan fingerprint density at radius 2 is 1.22 bits per heavy atom. The van der Waals surface area contributed by atoms with Gasteiger partial charge in [0.15, 0.2) is 28.2 Å². The summed E-state index contributed by atoms with van der Waals surface area (Å²) < 4.78 is 101. The van der Waals surface area contributed by atoms with E-state index >= 15 is 8.78 Å². The van der Waals surface area contributed by atoms with Gasteiger partial charge in [0.1, 0.15) is 11.3 Å². The SMILES string of the molecule is CC(C)(C)c1cc(N(C(=O)CN(Cc2ccc(Cl)cc2)S(=O)(=O)c2c(F)c(F)c(F)c(F)c2F)c2ccc(C(=O)O)c(O)c2)cc(C(C)(C)C)c1. The first-order valence-corrected chi connectivity index (χ1v) is 17.1. The molecule has 4 aromatic rings. The summed E-state index contributed by atoms with van der Waals surface area (Å²) in [7, 11) is -5.69. The number of carbonyl (C=O) groups excluding carboxylic acids is 1. The number of rotatable bonds is 9. The van der Waals surface area contributed by atoms with E-state index in [2.05, 4.69) is 0 Å². The lowest BCUT2D eigenvalue weighted by Crippen LogP contribution is -2.42. The smallest absolute Gasteiger partial charge is 0.339 e. The van der Waals surface area contributed by atoms with Crippen LogP contribution in [0.2, 0.25) is 5.02 Å². The fourth-order valence-corrected chi connectivity index (χ4v) is 6.68. The second-order valence-electron chi connectivity index (χ2n) is 13.8. The van der Waals surface area contributed by atoms with Crippen LogP contribution in [0.4, 0.5) is 33.3 Å². The summed E-state index contributed by atoms with van der Waals surface area (Å²) in [4.78, 5) is 25.0. The zero-order valence-corrected chi connectivity index (χ0v) is 29.9. The fraction of sp³-hybridized carbons (Fsp3) is 0.278. The zero-order valence-electron chi connectivity index (χ0n) is 28.3. The summed E-state index contributed by atoms with van der Waals surface area (Å²) in [6.07, 6.45) is 0. The highest BCUT2D eigenvalue weighted by atomic mass is 35.5. The Labute approximate surface area is 296 Å². The molecule has 15 heteroatoms. The summed E-state index contributed by atoms with van der Waals surface area (Å²) in [6.45, 7) is 9.40. The third-order valence-corrected chi connectivity index (χ3v) is 10.0. The lowest BCUT2D eigenvalue weighted by Gasteiger charge is -2.31. The molecule has 0 aromatic heterocycles. The van der Waals surface area contributed by atoms with Crippen molar-refractivity contribution in [3.63, 3.8) is 0 Å². The standard InChI is InChI=1S/C36H34ClF5N2O6S/c1-35(2,3)20-13-21(36(4,5)6)15-24(14-20)44(23-11-12-25(34(47)48)26(45)16-23)27(46)18-43(17-19-7-9-22(37)10-8-19)51(49,50)33-31(41)29(39)28(38)30(40)32(33)42/h7-16,45H,17-18H2,1-6H3,(H,47,48). The van der Waals surface area contributed by atoms with E-state index in [9.17, 15) is 41.4 Å². The molecule has 51 heavy (non-hydrogen) atoms. The van der Waals surface area contributed by atoms with Gasteiger partial charge in [-0.1, -0.05) is 71.3 Å². The molecule has 0 spiro atoms. The molecule has 1 amide bonds. The largest absolute Gasteiger partial charge is 0.507 e. The summed E-state index contributed by atoms with van der Waals surface area (Å²) in [6, 6.07) is 13.7. The molecule has 0 atom stereocenters. The minimum absolute atomic E-state index is 0.124. The van der Waals surface area contributed by atoms with Crippen molar-refractivity contribution in [2.75, 3.05) is 11.4 Å². The number of halogens is 6. The molecule has 0 saturated heterocycles. The molecule has 0 saturated carbocycles. The number of phenols is 1. The van der Waals surface area contributed by atoms with Gasteiger partial charge in [-0.15, -0.1) is 0 Å². The quantitative estimate of drug-likeness (QED) is 0.101. The zero-order chi connectivity index (χ0) is 38.4. The highest BCUT2D eigenvalue weighted by molar-refractivity contribution is 7.89. The van der Waals surface area contributed by atoms with Gasteiger partial charge in [0.25, 0.3) is 0 Å². The molecule has 4 aromatic carbocycles. The number of hydrogen-bond donors (Lipinski definition) is 2. The minimum atomic E-state index is -5.69. The van der Waals surface area contributed by atoms with Crippen molar-refractivity contribution in [3.05, 3.63) is 117 Å². The van der Waals surface area contributed by atoms with Crippen LogP contribution in [0.5, 0.6) is 5.75 Å². The Kier molecular flexibility index (Phi) is 11.0. The van der Waals surface area contributed by atoms with E-state index in [1.54, 1.807) is 12.1 Å². The molecule has 2 N–H and O–H groups in total. The number of carbonyl (C=O) groups is 2. The molecule has 8 nitrogen and oxygen atoms in total. The molecule has 272 valence electrons. The molecular weight excluding hydrogens is 719 g/mol. The molecule has 4 rings (SSSR count). The average molecular weight is 753 g/mol. The van der Waals surface area contributed by atoms with Gasteiger partial charge in [0.2, 0.25) is 21.7 Å². The molecule has 0 aliphatic rings. The van der Waals surface area contributed by atoms with Crippen LogP contribution in [0.3, 0.4) is 0 Å². The maximum absolute atomic E-state index is 15.0. The third kappa shape index (κ3) is 8.18. The second-order valence-corrected chi connectivity index (χ2v) is 16.1. The number of hydrogen-bond acceptors (Lipinski definition) is 5. The van der Waals surface area contributed by atoms with Gasteiger partial charge >= 0.3 is 5.97 Å². The Balaban J connectivity index is 1.99. The van der Waals surface area contributed by atoms with E-state index in [0.29, 0.717) is 0 Å². The summed E-state index contributed by atoms with van der Waals surface area (Å²) >= 11 is 5.95. The number of carboxylic acids is 1. The fourth-order valence-electron chi connectivity index (χ4n) is 5.06. The number of carboxylic acid groups (broad SMARTS) is 1. The monoisotopic (exact) mass is 752 g/mol. The highest BCUT2D eigenvalue weighted by Gasteiger charge is 2.39. The van der Waals surface area contributed by atoms with E-state index in [1.165, 1.54) is 30.3 Å². The van der Waals surface area contributed by atoms with Crippen molar-refractivity contribution < 1.29 is 50.2 Å². The van der Waals surface area contributed by atoms with Crippen molar-refractivity contribution in [3.8, 4) is 5.75 Å². The molecule has 0 fully saturated rings. The van der Waals surface area contributed by atoms with Crippen LogP contribution < -0.4 is 4.90 Å². The molecule has 0 bridgehead atoms. The van der Waals surface area contributed by atoms with Gasteiger partial charge in [0.05, 0.1) is 12.2 Å². The molecular formula is C36H34ClF5N2O6S. The van der Waals surface area contributed by atoms with Gasteiger partial charge < -0.3 is 10.2 Å².